The minimum absolute atomic E-state index is 0.0831. The molecule has 0 aromatic rings. The second-order valence-corrected chi connectivity index (χ2v) is 16.1. The number of alkyl halides is 2. The lowest BCUT2D eigenvalue weighted by atomic mass is 9.66. The molecule has 0 radical (unpaired) electrons. The van der Waals surface area contributed by atoms with Crippen molar-refractivity contribution in [2.45, 2.75) is 67.0 Å². The maximum Gasteiger partial charge on any atom is 0.313 e. The summed E-state index contributed by atoms with van der Waals surface area (Å²) in [6, 6.07) is 0. The van der Waals surface area contributed by atoms with Gasteiger partial charge in [-0.05, 0) is 18.4 Å². The molecule has 27 heavy (non-hydrogen) atoms. The first-order chi connectivity index (χ1) is 12.5. The monoisotopic (exact) mass is 524 g/mol. The lowest BCUT2D eigenvalue weighted by molar-refractivity contribution is -0.159. The molecule has 3 unspecified atom stereocenters. The van der Waals surface area contributed by atoms with Crippen LogP contribution >= 0.6 is 31.9 Å². The first-order valence-electron chi connectivity index (χ1n) is 9.41. The molecule has 0 heterocycles. The number of methoxy groups -OCH3 is 2. The van der Waals surface area contributed by atoms with Gasteiger partial charge in [0, 0.05) is 4.83 Å². The van der Waals surface area contributed by atoms with Gasteiger partial charge in [-0.25, -0.2) is 0 Å². The molecule has 0 spiro atoms. The van der Waals surface area contributed by atoms with Crippen LogP contribution in [0.15, 0.2) is 10.8 Å². The number of aliphatic hydroxyl groups is 1. The van der Waals surface area contributed by atoms with Crippen molar-refractivity contribution in [2.75, 3.05) is 14.2 Å². The summed E-state index contributed by atoms with van der Waals surface area (Å²) in [5, 5.41) is 12.5. The SMILES string of the molecule is COC(=O)C1C2=C([Si](C)(C)C)[C@@H](O)C(Br)(CCCCC[C@H]2Br)C1C(=O)OC. The fraction of sp³-hybridized carbons (Fsp3) is 0.789. The van der Waals surface area contributed by atoms with Crippen LogP contribution in [0.3, 0.4) is 0 Å². The van der Waals surface area contributed by atoms with Crippen LogP contribution in [-0.2, 0) is 19.1 Å². The Morgan fingerprint density at radius 1 is 1.11 bits per heavy atom. The van der Waals surface area contributed by atoms with Crippen LogP contribution in [0.5, 0.6) is 0 Å². The van der Waals surface area contributed by atoms with Gasteiger partial charge >= 0.3 is 11.9 Å². The lowest BCUT2D eigenvalue weighted by Crippen LogP contribution is -2.60. The summed E-state index contributed by atoms with van der Waals surface area (Å²) < 4.78 is 9.29. The van der Waals surface area contributed by atoms with Gasteiger partial charge in [-0.3, -0.25) is 9.59 Å². The zero-order valence-electron chi connectivity index (χ0n) is 16.7. The smallest absolute Gasteiger partial charge is 0.313 e. The van der Waals surface area contributed by atoms with E-state index in [1.807, 2.05) is 0 Å². The molecule has 0 amide bonds. The van der Waals surface area contributed by atoms with E-state index < -0.39 is 42.3 Å². The number of hydrogen-bond donors (Lipinski definition) is 1. The molecular weight excluding hydrogens is 496 g/mol. The molecule has 154 valence electrons. The topological polar surface area (TPSA) is 72.8 Å². The summed E-state index contributed by atoms with van der Waals surface area (Å²) in [5.41, 5.74) is 0.834. The van der Waals surface area contributed by atoms with Crippen molar-refractivity contribution < 1.29 is 24.2 Å². The molecule has 1 N–H and O–H groups in total. The number of rotatable bonds is 3. The Morgan fingerprint density at radius 3 is 2.22 bits per heavy atom. The molecule has 3 aliphatic carbocycles. The Balaban J connectivity index is 2.88. The van der Waals surface area contributed by atoms with Crippen LogP contribution < -0.4 is 0 Å². The molecule has 5 atom stereocenters. The van der Waals surface area contributed by atoms with E-state index in [4.69, 9.17) is 9.47 Å². The van der Waals surface area contributed by atoms with Crippen molar-refractivity contribution in [3.05, 3.63) is 10.8 Å². The third-order valence-corrected chi connectivity index (χ3v) is 10.3. The molecule has 2 bridgehead atoms. The molecule has 1 fully saturated rings. The van der Waals surface area contributed by atoms with Crippen LogP contribution in [0, 0.1) is 11.8 Å². The first kappa shape index (κ1) is 23.1. The van der Waals surface area contributed by atoms with Crippen LogP contribution in [0.25, 0.3) is 0 Å². The third-order valence-electron chi connectivity index (χ3n) is 5.80. The largest absolute Gasteiger partial charge is 0.469 e. The fourth-order valence-corrected chi connectivity index (χ4v) is 9.10. The van der Waals surface area contributed by atoms with Gasteiger partial charge in [-0.1, -0.05) is 76.0 Å². The van der Waals surface area contributed by atoms with E-state index >= 15 is 0 Å². The van der Waals surface area contributed by atoms with Gasteiger partial charge in [0.05, 0.1) is 44.6 Å². The van der Waals surface area contributed by atoms with Gasteiger partial charge in [0.2, 0.25) is 0 Å². The molecule has 0 aromatic heterocycles. The van der Waals surface area contributed by atoms with Crippen molar-refractivity contribution >= 4 is 51.9 Å². The fourth-order valence-electron chi connectivity index (χ4n) is 4.59. The minimum Gasteiger partial charge on any atom is -0.469 e. The van der Waals surface area contributed by atoms with Crippen LogP contribution in [0.1, 0.15) is 32.1 Å². The molecule has 0 saturated heterocycles. The van der Waals surface area contributed by atoms with Crippen LogP contribution in [0.4, 0.5) is 0 Å². The third kappa shape index (κ3) is 4.23. The van der Waals surface area contributed by atoms with E-state index in [-0.39, 0.29) is 4.83 Å². The van der Waals surface area contributed by atoms with Crippen LogP contribution in [-0.4, -0.2) is 54.6 Å². The van der Waals surface area contributed by atoms with Crippen molar-refractivity contribution in [3.8, 4) is 0 Å². The summed E-state index contributed by atoms with van der Waals surface area (Å²) in [6.45, 7) is 6.49. The molecule has 5 nitrogen and oxygen atoms in total. The van der Waals surface area contributed by atoms with E-state index in [1.54, 1.807) is 0 Å². The van der Waals surface area contributed by atoms with Gasteiger partial charge in [-0.2, -0.15) is 0 Å². The molecule has 0 aliphatic heterocycles. The van der Waals surface area contributed by atoms with Crippen LogP contribution in [0.2, 0.25) is 19.6 Å². The molecule has 0 aromatic carbocycles. The van der Waals surface area contributed by atoms with Crippen molar-refractivity contribution in [1.29, 1.82) is 0 Å². The van der Waals surface area contributed by atoms with Gasteiger partial charge in [-0.15, -0.1) is 0 Å². The molecule has 3 rings (SSSR count). The highest BCUT2D eigenvalue weighted by atomic mass is 79.9. The van der Waals surface area contributed by atoms with E-state index in [1.165, 1.54) is 14.2 Å². The molecular formula is C19H30Br2O5Si. The summed E-state index contributed by atoms with van der Waals surface area (Å²) in [7, 11) is 0.650. The number of ether oxygens (including phenoxy) is 2. The maximum absolute atomic E-state index is 12.9. The zero-order chi connectivity index (χ0) is 20.6. The highest BCUT2D eigenvalue weighted by molar-refractivity contribution is 9.10. The lowest BCUT2D eigenvalue weighted by Gasteiger charge is -2.51. The van der Waals surface area contributed by atoms with E-state index in [2.05, 4.69) is 51.5 Å². The standard InChI is InChI=1S/C19H30Br2O5Si/c1-25-17(23)13-12-11(20)9-7-6-8-10-19(21,14(13)18(24)26-2)16(22)15(12)27(3,4)5/h11,13-14,16,22H,6-10H2,1-5H3/t11-,13?,14?,16-,19?/m1/s1. The number of hydrogen-bond acceptors (Lipinski definition) is 5. The number of halogens is 2. The Kier molecular flexibility index (Phi) is 7.42. The number of esters is 2. The molecule has 3 aliphatic rings. The summed E-state index contributed by atoms with van der Waals surface area (Å²) in [6.07, 6.45) is 3.49. The van der Waals surface area contributed by atoms with Gasteiger partial charge in [0.25, 0.3) is 0 Å². The average molecular weight is 526 g/mol. The van der Waals surface area contributed by atoms with Crippen molar-refractivity contribution in [3.63, 3.8) is 0 Å². The minimum atomic E-state index is -2.02. The van der Waals surface area contributed by atoms with Crippen molar-refractivity contribution in [2.24, 2.45) is 11.8 Å². The van der Waals surface area contributed by atoms with Gasteiger partial charge in [0.15, 0.2) is 0 Å². The predicted molar refractivity (Wildman–Crippen MR) is 115 cm³/mol. The first-order valence-corrected chi connectivity index (χ1v) is 14.6. The van der Waals surface area contributed by atoms with Crippen molar-refractivity contribution in [1.82, 2.24) is 0 Å². The van der Waals surface area contributed by atoms with Gasteiger partial charge in [0.1, 0.15) is 0 Å². The second kappa shape index (κ2) is 8.67. The number of carbonyl (C=O) groups excluding carboxylic acids is 2. The predicted octanol–water partition coefficient (Wildman–Crippen LogP) is 3.97. The highest BCUT2D eigenvalue weighted by Crippen LogP contribution is 2.54. The van der Waals surface area contributed by atoms with Gasteiger partial charge < -0.3 is 14.6 Å². The molecule has 1 saturated carbocycles. The highest BCUT2D eigenvalue weighted by Gasteiger charge is 2.61. The summed E-state index contributed by atoms with van der Waals surface area (Å²) in [5.74, 6) is -2.54. The summed E-state index contributed by atoms with van der Waals surface area (Å²) >= 11 is 7.53. The van der Waals surface area contributed by atoms with E-state index in [9.17, 15) is 14.7 Å². The van der Waals surface area contributed by atoms with E-state index in [0.29, 0.717) is 6.42 Å². The zero-order valence-corrected chi connectivity index (χ0v) is 20.9. The average Bonchev–Trinajstić information content (AvgIpc) is 2.60. The number of carbonyl (C=O) groups is 2. The molecule has 8 heteroatoms. The number of fused-ring (bicyclic) bond motifs is 7. The Bertz CT molecular complexity index is 630. The Hall–Kier alpha value is -0.183. The summed E-state index contributed by atoms with van der Waals surface area (Å²) in [4.78, 5) is 25.7. The Labute approximate surface area is 179 Å². The normalized spacial score (nSPS) is 35.0. The van der Waals surface area contributed by atoms with E-state index in [0.717, 1.165) is 36.5 Å². The Morgan fingerprint density at radius 2 is 1.70 bits per heavy atom. The maximum atomic E-state index is 12.9. The number of aliphatic hydroxyl groups excluding tert-OH is 1. The second-order valence-electron chi connectivity index (χ2n) is 8.52. The quantitative estimate of drug-likeness (QED) is 0.343.